The summed E-state index contributed by atoms with van der Waals surface area (Å²) >= 11 is 0. The van der Waals surface area contributed by atoms with E-state index in [9.17, 15) is 24.4 Å². The highest BCUT2D eigenvalue weighted by atomic mass is 16.5. The van der Waals surface area contributed by atoms with Gasteiger partial charge in [0.2, 0.25) is 5.91 Å². The van der Waals surface area contributed by atoms with Crippen LogP contribution in [0.2, 0.25) is 0 Å². The van der Waals surface area contributed by atoms with E-state index in [2.05, 4.69) is 32.2 Å². The number of benzene rings is 2. The van der Waals surface area contributed by atoms with E-state index in [0.717, 1.165) is 35.1 Å². The van der Waals surface area contributed by atoms with Crippen LogP contribution in [-0.4, -0.2) is 72.0 Å². The van der Waals surface area contributed by atoms with Gasteiger partial charge in [0.15, 0.2) is 5.82 Å². The first-order valence-electron chi connectivity index (χ1n) is 14.5. The molecule has 1 aromatic heterocycles. The van der Waals surface area contributed by atoms with E-state index in [1.165, 1.54) is 0 Å². The summed E-state index contributed by atoms with van der Waals surface area (Å²) in [5.41, 5.74) is 3.44. The number of nitrogens with zero attached hydrogens (tertiary/aromatic N) is 3. The topological polar surface area (TPSA) is 173 Å². The first-order chi connectivity index (χ1) is 20.8. The molecule has 2 aromatic carbocycles. The minimum atomic E-state index is -1.03. The predicted octanol–water partition coefficient (Wildman–Crippen LogP) is 1.01. The third kappa shape index (κ3) is 4.89. The Labute approximate surface area is 247 Å². The molecule has 222 valence electrons. The van der Waals surface area contributed by atoms with Crippen molar-refractivity contribution in [3.05, 3.63) is 86.2 Å². The van der Waals surface area contributed by atoms with Gasteiger partial charge in [-0.05, 0) is 91.1 Å². The Morgan fingerprint density at radius 2 is 1.67 bits per heavy atom. The van der Waals surface area contributed by atoms with Crippen LogP contribution in [0.4, 0.5) is 0 Å². The third-order valence-corrected chi connectivity index (χ3v) is 9.11. The Kier molecular flexibility index (Phi) is 7.35. The molecule has 4 N–H and O–H groups in total. The molecule has 2 aliphatic carbocycles. The van der Waals surface area contributed by atoms with Crippen LogP contribution in [0.3, 0.4) is 0 Å². The molecule has 43 heavy (non-hydrogen) atoms. The fraction of sp³-hybridized carbons (Fsp3) is 0.419. The SMILES string of the molecule is CNC(=O)c1ccc2c(c1)CCc1cc(C(=O)NC)ccc1C2(CCNCC(=O)N1C(C#N)C[C@@H]2C[C@@H]21)c1noc(=O)[nH]1. The molecule has 12 nitrogen and oxygen atoms in total. The second-order valence-corrected chi connectivity index (χ2v) is 11.4. The molecule has 1 saturated carbocycles. The number of fused-ring (bicyclic) bond motifs is 3. The highest BCUT2D eigenvalue weighted by molar-refractivity contribution is 5.95. The van der Waals surface area contributed by atoms with Gasteiger partial charge in [-0.1, -0.05) is 17.3 Å². The second kappa shape index (κ2) is 11.1. The number of aryl methyl sites for hydroxylation is 2. The molecular weight excluding hydrogens is 550 g/mol. The van der Waals surface area contributed by atoms with Crippen molar-refractivity contribution in [1.29, 1.82) is 5.26 Å². The number of H-pyrrole nitrogens is 1. The predicted molar refractivity (Wildman–Crippen MR) is 154 cm³/mol. The lowest BCUT2D eigenvalue weighted by Gasteiger charge is -2.34. The molecule has 2 fully saturated rings. The van der Waals surface area contributed by atoms with Gasteiger partial charge in [-0.2, -0.15) is 5.26 Å². The molecule has 0 bridgehead atoms. The Hall–Kier alpha value is -4.76. The van der Waals surface area contributed by atoms with Gasteiger partial charge < -0.3 is 20.9 Å². The summed E-state index contributed by atoms with van der Waals surface area (Å²) in [5, 5.41) is 22.3. The molecule has 2 heterocycles. The van der Waals surface area contributed by atoms with Gasteiger partial charge in [-0.15, -0.1) is 0 Å². The minimum Gasteiger partial charge on any atom is -0.355 e. The number of nitrogens with one attached hydrogen (secondary N) is 4. The summed E-state index contributed by atoms with van der Waals surface area (Å²) in [6.45, 7) is 0.421. The van der Waals surface area contributed by atoms with Crippen LogP contribution in [0.1, 0.15) is 68.1 Å². The molecule has 1 saturated heterocycles. The van der Waals surface area contributed by atoms with Crippen molar-refractivity contribution in [2.45, 2.75) is 49.6 Å². The molecule has 0 spiro atoms. The van der Waals surface area contributed by atoms with Gasteiger partial charge in [0, 0.05) is 31.3 Å². The van der Waals surface area contributed by atoms with Gasteiger partial charge in [0.1, 0.15) is 6.04 Å². The molecule has 0 radical (unpaired) electrons. The lowest BCUT2D eigenvalue weighted by atomic mass is 9.69. The number of piperidine rings is 1. The quantitative estimate of drug-likeness (QED) is 0.284. The van der Waals surface area contributed by atoms with Crippen LogP contribution in [-0.2, 0) is 23.1 Å². The van der Waals surface area contributed by atoms with E-state index in [-0.39, 0.29) is 36.3 Å². The maximum atomic E-state index is 13.1. The third-order valence-electron chi connectivity index (χ3n) is 9.11. The van der Waals surface area contributed by atoms with Gasteiger partial charge in [0.05, 0.1) is 18.0 Å². The first-order valence-corrected chi connectivity index (χ1v) is 14.5. The van der Waals surface area contributed by atoms with E-state index >= 15 is 0 Å². The maximum Gasteiger partial charge on any atom is 0.438 e. The molecule has 3 aromatic rings. The van der Waals surface area contributed by atoms with Crippen LogP contribution in [0.15, 0.2) is 45.7 Å². The molecule has 1 unspecified atom stereocenters. The zero-order valence-electron chi connectivity index (χ0n) is 24.0. The van der Waals surface area contributed by atoms with Crippen molar-refractivity contribution in [3.63, 3.8) is 0 Å². The van der Waals surface area contributed by atoms with Crippen molar-refractivity contribution < 1.29 is 18.9 Å². The summed E-state index contributed by atoms with van der Waals surface area (Å²) in [4.78, 5) is 55.1. The molecular formula is C31H33N7O5. The summed E-state index contributed by atoms with van der Waals surface area (Å²) in [7, 11) is 3.15. The van der Waals surface area contributed by atoms with Crippen LogP contribution in [0, 0.1) is 17.2 Å². The molecule has 12 heteroatoms. The number of aromatic nitrogens is 2. The maximum absolute atomic E-state index is 13.1. The Balaban J connectivity index is 1.40. The summed E-state index contributed by atoms with van der Waals surface area (Å²) in [6, 6.07) is 13.0. The van der Waals surface area contributed by atoms with E-state index in [1.807, 2.05) is 24.3 Å². The van der Waals surface area contributed by atoms with Crippen LogP contribution >= 0.6 is 0 Å². The fourth-order valence-corrected chi connectivity index (χ4v) is 6.97. The van der Waals surface area contributed by atoms with E-state index in [1.54, 1.807) is 31.1 Å². The van der Waals surface area contributed by atoms with Crippen molar-refractivity contribution in [3.8, 4) is 6.07 Å². The number of rotatable bonds is 8. The monoisotopic (exact) mass is 583 g/mol. The molecule has 3 aliphatic rings. The zero-order chi connectivity index (χ0) is 30.3. The zero-order valence-corrected chi connectivity index (χ0v) is 24.0. The van der Waals surface area contributed by atoms with Gasteiger partial charge >= 0.3 is 5.76 Å². The molecule has 1 aliphatic heterocycles. The number of nitriles is 1. The number of hydrogen-bond acceptors (Lipinski definition) is 8. The highest BCUT2D eigenvalue weighted by Crippen LogP contribution is 2.48. The second-order valence-electron chi connectivity index (χ2n) is 11.4. The number of carbonyl (C=O) groups excluding carboxylic acids is 3. The van der Waals surface area contributed by atoms with Crippen molar-refractivity contribution in [2.24, 2.45) is 5.92 Å². The molecule has 3 atom stereocenters. The lowest BCUT2D eigenvalue weighted by Crippen LogP contribution is -2.44. The van der Waals surface area contributed by atoms with Crippen molar-refractivity contribution in [2.75, 3.05) is 27.2 Å². The first kappa shape index (κ1) is 28.4. The number of aromatic amines is 1. The van der Waals surface area contributed by atoms with Crippen LogP contribution in [0.25, 0.3) is 0 Å². The standard InChI is InChI=1S/C31H33N7O5/c1-33-27(40)19-5-7-23-17(11-19)3-4-18-12-20(28(41)34-2)6-8-24(18)31(23,29-36-30(42)43-37-29)9-10-35-16-26(39)38-22(15-32)13-21-14-25(21)38/h5-8,11-12,21-22,25,35H,3-4,9-10,13-14,16H2,1-2H3,(H,33,40)(H,34,41)(H,36,37,42)/t21-,22?,25+/m1/s1. The van der Waals surface area contributed by atoms with Gasteiger partial charge in [-0.25, -0.2) is 4.79 Å². The molecule has 3 amide bonds. The van der Waals surface area contributed by atoms with E-state index < -0.39 is 11.2 Å². The Morgan fingerprint density at radius 1 is 1.05 bits per heavy atom. The molecule has 6 rings (SSSR count). The highest BCUT2D eigenvalue weighted by Gasteiger charge is 2.54. The van der Waals surface area contributed by atoms with Gasteiger partial charge in [-0.3, -0.25) is 23.9 Å². The van der Waals surface area contributed by atoms with Crippen molar-refractivity contribution >= 4 is 17.7 Å². The van der Waals surface area contributed by atoms with Gasteiger partial charge in [0.25, 0.3) is 11.8 Å². The Bertz CT molecular complexity index is 1640. The van der Waals surface area contributed by atoms with E-state index in [4.69, 9.17) is 4.52 Å². The largest absolute Gasteiger partial charge is 0.438 e. The summed E-state index contributed by atoms with van der Waals surface area (Å²) in [6.07, 6.45) is 3.21. The van der Waals surface area contributed by atoms with Crippen LogP contribution in [0.5, 0.6) is 0 Å². The normalized spacial score (nSPS) is 21.0. The fourth-order valence-electron chi connectivity index (χ4n) is 6.97. The average molecular weight is 584 g/mol. The van der Waals surface area contributed by atoms with Crippen LogP contribution < -0.4 is 21.7 Å². The number of hydrogen-bond donors (Lipinski definition) is 4. The smallest absolute Gasteiger partial charge is 0.355 e. The lowest BCUT2D eigenvalue weighted by molar-refractivity contribution is -0.131. The summed E-state index contributed by atoms with van der Waals surface area (Å²) < 4.78 is 5.02. The minimum absolute atomic E-state index is 0.0672. The number of amides is 3. The van der Waals surface area contributed by atoms with E-state index in [0.29, 0.717) is 48.7 Å². The number of likely N-dealkylation sites (tertiary alicyclic amines) is 1. The van der Waals surface area contributed by atoms with Crippen molar-refractivity contribution in [1.82, 2.24) is 31.0 Å². The average Bonchev–Trinajstić information content (AvgIpc) is 3.52. The summed E-state index contributed by atoms with van der Waals surface area (Å²) in [5.74, 6) is -0.526. The Morgan fingerprint density at radius 3 is 2.21 bits per heavy atom. The number of carbonyl (C=O) groups is 3.